The molecule has 99 valence electrons. The zero-order chi connectivity index (χ0) is 12.3. The number of hydrogen-bond donors (Lipinski definition) is 0. The van der Waals surface area contributed by atoms with Crippen molar-refractivity contribution in [2.45, 2.75) is 80.6 Å². The molecule has 0 saturated heterocycles. The second-order valence-corrected chi connectivity index (χ2v) is 4.43. The van der Waals surface area contributed by atoms with Crippen molar-refractivity contribution in [1.29, 1.82) is 0 Å². The Kier molecular flexibility index (Phi) is 20.1. The number of hydrogen-bond acceptors (Lipinski definition) is 0. The highest BCUT2D eigenvalue weighted by Gasteiger charge is 2.21. The fourth-order valence-electron chi connectivity index (χ4n) is 2.26. The first-order valence-corrected chi connectivity index (χ1v) is 7.24. The molecule has 3 radical (unpaired) electrons. The molecule has 0 unspecified atom stereocenters. The molecule has 0 aromatic heterocycles. The smallest absolute Gasteiger partial charge is 0 e. The Balaban J connectivity index is -0.000000128. The van der Waals surface area contributed by atoms with Crippen LogP contribution in [0.15, 0.2) is 0 Å². The van der Waals surface area contributed by atoms with Gasteiger partial charge in [0, 0.05) is 9.84 Å². The van der Waals surface area contributed by atoms with Gasteiger partial charge in [-0.2, -0.15) is 0 Å². The van der Waals surface area contributed by atoms with Crippen molar-refractivity contribution in [3.63, 3.8) is 0 Å². The largest absolute Gasteiger partial charge is 0.0683 e. The molecule has 1 heteroatoms. The maximum Gasteiger partial charge on any atom is 0 e. The quantitative estimate of drug-likeness (QED) is 0.526. The van der Waals surface area contributed by atoms with Crippen LogP contribution in [-0.2, 0) is 0 Å². The topological polar surface area (TPSA) is 0 Å². The third kappa shape index (κ3) is 9.30. The predicted octanol–water partition coefficient (Wildman–Crippen LogP) is 5.78. The van der Waals surface area contributed by atoms with Gasteiger partial charge < -0.3 is 0 Å². The zero-order valence-electron chi connectivity index (χ0n) is 12.8. The lowest BCUT2D eigenvalue weighted by Gasteiger charge is -2.30. The van der Waals surface area contributed by atoms with Crippen LogP contribution >= 0.6 is 0 Å². The Morgan fingerprint density at radius 2 is 1.31 bits per heavy atom. The van der Waals surface area contributed by atoms with Gasteiger partial charge in [-0.05, 0) is 30.6 Å². The fraction of sp³-hybridized carbons (Fsp3) is 1.00. The van der Waals surface area contributed by atoms with E-state index in [2.05, 4.69) is 20.8 Å². The molecule has 1 saturated carbocycles. The molecule has 0 heterocycles. The van der Waals surface area contributed by atoms with E-state index in [-0.39, 0.29) is 9.84 Å². The molecule has 0 aromatic rings. The van der Waals surface area contributed by atoms with Gasteiger partial charge in [0.1, 0.15) is 0 Å². The molecular formula is C15H36B. The summed E-state index contributed by atoms with van der Waals surface area (Å²) in [5.74, 6) is 3.02. The third-order valence-corrected chi connectivity index (χ3v) is 3.41. The van der Waals surface area contributed by atoms with E-state index in [1.807, 2.05) is 27.7 Å². The molecule has 0 aliphatic heterocycles. The molecule has 0 N–H and O–H groups in total. The van der Waals surface area contributed by atoms with Gasteiger partial charge in [0.2, 0.25) is 0 Å². The van der Waals surface area contributed by atoms with Gasteiger partial charge in [0.15, 0.2) is 0 Å². The summed E-state index contributed by atoms with van der Waals surface area (Å²) in [6, 6.07) is 0. The Labute approximate surface area is 109 Å². The van der Waals surface area contributed by atoms with E-state index in [0.29, 0.717) is 0 Å². The van der Waals surface area contributed by atoms with Gasteiger partial charge in [-0.25, -0.2) is 0 Å². The van der Waals surface area contributed by atoms with Crippen molar-refractivity contribution in [2.24, 2.45) is 17.8 Å². The minimum absolute atomic E-state index is 0. The van der Waals surface area contributed by atoms with Gasteiger partial charge >= 0.3 is 0 Å². The maximum absolute atomic E-state index is 2.37. The third-order valence-electron chi connectivity index (χ3n) is 3.41. The van der Waals surface area contributed by atoms with E-state index in [4.69, 9.17) is 0 Å². The van der Waals surface area contributed by atoms with Crippen LogP contribution in [0.4, 0.5) is 0 Å². The summed E-state index contributed by atoms with van der Waals surface area (Å²) in [6.07, 6.45) is 7.40. The van der Waals surface area contributed by atoms with Crippen molar-refractivity contribution >= 4 is 8.41 Å². The molecule has 0 aromatic carbocycles. The van der Waals surface area contributed by atoms with Gasteiger partial charge in [-0.15, -0.1) is 0 Å². The molecule has 1 fully saturated rings. The average molecular weight is 228 g/mol. The van der Waals surface area contributed by atoms with E-state index < -0.39 is 0 Å². The Morgan fingerprint density at radius 1 is 0.938 bits per heavy atom. The van der Waals surface area contributed by atoms with Crippen LogP contribution in [0.2, 0.25) is 0 Å². The number of rotatable bonds is 2. The second-order valence-electron chi connectivity index (χ2n) is 4.43. The highest BCUT2D eigenvalue weighted by Crippen LogP contribution is 2.34. The molecule has 0 amide bonds. The molecule has 1 aliphatic carbocycles. The summed E-state index contributed by atoms with van der Waals surface area (Å²) in [5, 5.41) is 0. The van der Waals surface area contributed by atoms with Crippen LogP contribution in [0.5, 0.6) is 0 Å². The van der Waals surface area contributed by atoms with Crippen LogP contribution in [0.25, 0.3) is 0 Å². The highest BCUT2D eigenvalue weighted by atomic mass is 14.3. The lowest BCUT2D eigenvalue weighted by molar-refractivity contribution is 0.221. The average Bonchev–Trinajstić information content (AvgIpc) is 2.34. The SMILES string of the molecule is CC.CC.CCC1CCC(C(C)C)CC1.[2HH].[B]. The Hall–Kier alpha value is 0.0649. The summed E-state index contributed by atoms with van der Waals surface area (Å²) in [4.78, 5) is 0. The highest BCUT2D eigenvalue weighted by molar-refractivity contribution is 5.75. The lowest BCUT2D eigenvalue weighted by Crippen LogP contribution is -2.17. The van der Waals surface area contributed by atoms with E-state index in [1.54, 1.807) is 0 Å². The van der Waals surface area contributed by atoms with Crippen molar-refractivity contribution in [3.8, 4) is 0 Å². The maximum atomic E-state index is 2.37. The molecular weight excluding hydrogens is 191 g/mol. The standard InChI is InChI=1S/C11H22.2C2H6.B.H2/c1-4-10-5-7-11(8-6-10)9(2)3;2*1-2;;/h9-11H,4-8H2,1-3H3;2*1-2H3;;1H/i;;;;1+1. The van der Waals surface area contributed by atoms with Crippen molar-refractivity contribution in [3.05, 3.63) is 0 Å². The van der Waals surface area contributed by atoms with Crippen molar-refractivity contribution in [2.75, 3.05) is 0 Å². The van der Waals surface area contributed by atoms with Gasteiger partial charge in [-0.3, -0.25) is 0 Å². The molecule has 16 heavy (non-hydrogen) atoms. The van der Waals surface area contributed by atoms with Crippen molar-refractivity contribution < 1.29 is 1.43 Å². The summed E-state index contributed by atoms with van der Waals surface area (Å²) in [5.41, 5.74) is 0. The summed E-state index contributed by atoms with van der Waals surface area (Å²) in [6.45, 7) is 15.1. The monoisotopic (exact) mass is 228 g/mol. The minimum atomic E-state index is 0. The molecule has 1 rings (SSSR count). The summed E-state index contributed by atoms with van der Waals surface area (Å²) in [7, 11) is 0. The summed E-state index contributed by atoms with van der Waals surface area (Å²) < 4.78 is 0. The van der Waals surface area contributed by atoms with Crippen LogP contribution in [0, 0.1) is 17.8 Å². The molecule has 0 bridgehead atoms. The zero-order valence-corrected chi connectivity index (χ0v) is 12.8. The van der Waals surface area contributed by atoms with Crippen molar-refractivity contribution in [1.82, 2.24) is 0 Å². The van der Waals surface area contributed by atoms with Crippen LogP contribution in [-0.4, -0.2) is 8.41 Å². The first-order valence-electron chi connectivity index (χ1n) is 7.24. The predicted molar refractivity (Wildman–Crippen MR) is 81.1 cm³/mol. The van der Waals surface area contributed by atoms with Crippen LogP contribution in [0.3, 0.4) is 0 Å². The lowest BCUT2D eigenvalue weighted by atomic mass is 9.76. The second kappa shape index (κ2) is 15.1. The van der Waals surface area contributed by atoms with E-state index in [1.165, 1.54) is 32.1 Å². The van der Waals surface area contributed by atoms with E-state index >= 15 is 0 Å². The fourth-order valence-corrected chi connectivity index (χ4v) is 2.26. The first kappa shape index (κ1) is 21.4. The van der Waals surface area contributed by atoms with Gasteiger partial charge in [-0.1, -0.05) is 67.7 Å². The first-order chi connectivity index (χ1) is 7.24. The van der Waals surface area contributed by atoms with Gasteiger partial charge in [0.05, 0.1) is 0 Å². The normalized spacial score (nSPS) is 23.2. The van der Waals surface area contributed by atoms with E-state index in [0.717, 1.165) is 17.8 Å². The van der Waals surface area contributed by atoms with E-state index in [9.17, 15) is 0 Å². The van der Waals surface area contributed by atoms with Crippen LogP contribution < -0.4 is 0 Å². The Bertz CT molecular complexity index is 107. The molecule has 1 aliphatic rings. The minimum Gasteiger partial charge on any atom is -0.0683 e. The molecule has 0 atom stereocenters. The van der Waals surface area contributed by atoms with Gasteiger partial charge in [0.25, 0.3) is 0 Å². The Morgan fingerprint density at radius 3 is 1.56 bits per heavy atom. The van der Waals surface area contributed by atoms with Crippen LogP contribution in [0.1, 0.15) is 82.0 Å². The molecule has 0 nitrogen and oxygen atoms in total. The summed E-state index contributed by atoms with van der Waals surface area (Å²) >= 11 is 0. The molecule has 0 spiro atoms.